The molecular weight excluding hydrogens is 244 g/mol. The van der Waals surface area contributed by atoms with Gasteiger partial charge in [-0.25, -0.2) is 0 Å². The van der Waals surface area contributed by atoms with Crippen LogP contribution in [0.15, 0.2) is 18.2 Å². The van der Waals surface area contributed by atoms with Crippen molar-refractivity contribution in [3.8, 4) is 11.5 Å². The lowest BCUT2D eigenvalue weighted by Crippen LogP contribution is -2.27. The van der Waals surface area contributed by atoms with Crippen LogP contribution >= 0.6 is 0 Å². The quantitative estimate of drug-likeness (QED) is 0.862. The number of ether oxygens (including phenoxy) is 2. The van der Waals surface area contributed by atoms with E-state index < -0.39 is 0 Å². The molecule has 2 rings (SSSR count). The highest BCUT2D eigenvalue weighted by Crippen LogP contribution is 2.25. The Hall–Kier alpha value is -1.75. The van der Waals surface area contributed by atoms with Gasteiger partial charge in [0.1, 0.15) is 11.5 Å². The van der Waals surface area contributed by atoms with Gasteiger partial charge < -0.3 is 15.2 Å². The van der Waals surface area contributed by atoms with Crippen LogP contribution in [0.5, 0.6) is 11.5 Å². The molecule has 1 atom stereocenters. The zero-order chi connectivity index (χ0) is 13.8. The van der Waals surface area contributed by atoms with E-state index in [1.807, 2.05) is 18.2 Å². The second kappa shape index (κ2) is 5.93. The van der Waals surface area contributed by atoms with Crippen molar-refractivity contribution in [2.75, 3.05) is 27.3 Å². The maximum atomic E-state index is 11.2. The Balaban J connectivity index is 2.05. The molecule has 1 saturated heterocycles. The molecule has 104 valence electrons. The molecular formula is C14H20N2O3. The number of nitrogens with zero attached hydrogens (tertiary/aromatic N) is 1. The van der Waals surface area contributed by atoms with Crippen molar-refractivity contribution in [2.24, 2.45) is 11.7 Å². The molecule has 1 fully saturated rings. The highest BCUT2D eigenvalue weighted by molar-refractivity contribution is 5.77. The van der Waals surface area contributed by atoms with Gasteiger partial charge in [-0.2, -0.15) is 0 Å². The van der Waals surface area contributed by atoms with Crippen LogP contribution in [0.1, 0.15) is 12.0 Å². The Labute approximate surface area is 113 Å². The fraction of sp³-hybridized carbons (Fsp3) is 0.500. The maximum Gasteiger partial charge on any atom is 0.221 e. The number of likely N-dealkylation sites (tertiary alicyclic amines) is 1. The van der Waals surface area contributed by atoms with Gasteiger partial charge in [0, 0.05) is 19.2 Å². The minimum Gasteiger partial charge on any atom is -0.497 e. The highest BCUT2D eigenvalue weighted by atomic mass is 16.5. The van der Waals surface area contributed by atoms with Crippen LogP contribution in [-0.4, -0.2) is 38.1 Å². The normalized spacial score (nSPS) is 19.4. The van der Waals surface area contributed by atoms with E-state index in [0.29, 0.717) is 0 Å². The Morgan fingerprint density at radius 1 is 1.32 bits per heavy atom. The average Bonchev–Trinajstić information content (AvgIpc) is 2.87. The molecule has 0 aromatic heterocycles. The first-order valence-electron chi connectivity index (χ1n) is 6.36. The molecule has 1 aliphatic heterocycles. The maximum absolute atomic E-state index is 11.2. The second-order valence-electron chi connectivity index (χ2n) is 4.84. The van der Waals surface area contributed by atoms with Crippen molar-refractivity contribution < 1.29 is 14.3 Å². The Morgan fingerprint density at radius 3 is 2.42 bits per heavy atom. The summed E-state index contributed by atoms with van der Waals surface area (Å²) in [5, 5.41) is 0. The first-order valence-corrected chi connectivity index (χ1v) is 6.36. The van der Waals surface area contributed by atoms with Gasteiger partial charge in [-0.1, -0.05) is 0 Å². The third kappa shape index (κ3) is 3.38. The number of rotatable bonds is 5. The molecule has 0 bridgehead atoms. The average molecular weight is 264 g/mol. The Bertz CT molecular complexity index is 440. The summed E-state index contributed by atoms with van der Waals surface area (Å²) < 4.78 is 10.5. The molecule has 0 aliphatic carbocycles. The molecule has 1 aromatic carbocycles. The van der Waals surface area contributed by atoms with Gasteiger partial charge in [0.15, 0.2) is 0 Å². The predicted octanol–water partition coefficient (Wildman–Crippen LogP) is 1.01. The summed E-state index contributed by atoms with van der Waals surface area (Å²) in [6.07, 6.45) is 0.844. The number of carbonyl (C=O) groups is 1. The van der Waals surface area contributed by atoms with Gasteiger partial charge in [0.25, 0.3) is 0 Å². The molecule has 1 aliphatic rings. The highest BCUT2D eigenvalue weighted by Gasteiger charge is 2.26. The molecule has 2 N–H and O–H groups in total. The Kier molecular flexibility index (Phi) is 4.27. The zero-order valence-corrected chi connectivity index (χ0v) is 11.4. The van der Waals surface area contributed by atoms with E-state index in [4.69, 9.17) is 15.2 Å². The van der Waals surface area contributed by atoms with E-state index in [1.54, 1.807) is 14.2 Å². The first-order chi connectivity index (χ1) is 9.12. The number of hydrogen-bond acceptors (Lipinski definition) is 4. The number of amides is 1. The number of primary amides is 1. The molecule has 19 heavy (non-hydrogen) atoms. The van der Waals surface area contributed by atoms with E-state index in [0.717, 1.165) is 43.1 Å². The molecule has 0 saturated carbocycles. The summed E-state index contributed by atoms with van der Waals surface area (Å²) in [5.41, 5.74) is 6.45. The third-order valence-corrected chi connectivity index (χ3v) is 3.49. The summed E-state index contributed by atoms with van der Waals surface area (Å²) in [6.45, 7) is 2.40. The minimum absolute atomic E-state index is 0.0208. The Morgan fingerprint density at radius 2 is 1.95 bits per heavy atom. The lowest BCUT2D eigenvalue weighted by Gasteiger charge is -2.16. The lowest BCUT2D eigenvalue weighted by atomic mass is 10.1. The van der Waals surface area contributed by atoms with Crippen molar-refractivity contribution in [3.63, 3.8) is 0 Å². The molecule has 0 unspecified atom stereocenters. The lowest BCUT2D eigenvalue weighted by molar-refractivity contribution is -0.121. The molecule has 1 amide bonds. The van der Waals surface area contributed by atoms with Gasteiger partial charge >= 0.3 is 0 Å². The standard InChI is InChI=1S/C14H20N2O3/c1-18-12-5-10(6-13(7-12)19-2)8-16-4-3-11(9-16)14(15)17/h5-7,11H,3-4,8-9H2,1-2H3,(H2,15,17)/t11-/m0/s1. The second-order valence-corrected chi connectivity index (χ2v) is 4.84. The number of benzene rings is 1. The molecule has 0 spiro atoms. The number of nitrogens with two attached hydrogens (primary N) is 1. The van der Waals surface area contributed by atoms with Crippen LogP contribution in [0.4, 0.5) is 0 Å². The summed E-state index contributed by atoms with van der Waals surface area (Å²) >= 11 is 0. The summed E-state index contributed by atoms with van der Waals surface area (Å²) in [5.74, 6) is 1.33. The molecule has 0 radical (unpaired) electrons. The smallest absolute Gasteiger partial charge is 0.221 e. The van der Waals surface area contributed by atoms with Crippen molar-refractivity contribution >= 4 is 5.91 Å². The van der Waals surface area contributed by atoms with E-state index in [9.17, 15) is 4.79 Å². The minimum atomic E-state index is -0.203. The molecule has 5 heteroatoms. The fourth-order valence-corrected chi connectivity index (χ4v) is 2.42. The van der Waals surface area contributed by atoms with Crippen molar-refractivity contribution in [3.05, 3.63) is 23.8 Å². The summed E-state index contributed by atoms with van der Waals surface area (Å²) in [6, 6.07) is 5.82. The van der Waals surface area contributed by atoms with E-state index in [2.05, 4.69) is 4.90 Å². The molecule has 1 aromatic rings. The van der Waals surface area contributed by atoms with Gasteiger partial charge in [-0.15, -0.1) is 0 Å². The van der Waals surface area contributed by atoms with E-state index in [-0.39, 0.29) is 11.8 Å². The summed E-state index contributed by atoms with van der Waals surface area (Å²) in [7, 11) is 3.27. The SMILES string of the molecule is COc1cc(CN2CC[C@H](C(N)=O)C2)cc(OC)c1. The van der Waals surface area contributed by atoms with Gasteiger partial charge in [0.2, 0.25) is 5.91 Å². The van der Waals surface area contributed by atoms with Gasteiger partial charge in [-0.05, 0) is 30.7 Å². The largest absolute Gasteiger partial charge is 0.497 e. The fourth-order valence-electron chi connectivity index (χ4n) is 2.42. The number of methoxy groups -OCH3 is 2. The van der Waals surface area contributed by atoms with Crippen molar-refractivity contribution in [2.45, 2.75) is 13.0 Å². The van der Waals surface area contributed by atoms with Crippen molar-refractivity contribution in [1.82, 2.24) is 4.90 Å². The van der Waals surface area contributed by atoms with Crippen LogP contribution in [0.25, 0.3) is 0 Å². The monoisotopic (exact) mass is 264 g/mol. The van der Waals surface area contributed by atoms with Gasteiger partial charge in [0.05, 0.1) is 20.1 Å². The van der Waals surface area contributed by atoms with Crippen LogP contribution in [0, 0.1) is 5.92 Å². The topological polar surface area (TPSA) is 64.8 Å². The van der Waals surface area contributed by atoms with Crippen LogP contribution in [-0.2, 0) is 11.3 Å². The number of carbonyl (C=O) groups excluding carboxylic acids is 1. The van der Waals surface area contributed by atoms with Crippen LogP contribution in [0.2, 0.25) is 0 Å². The third-order valence-electron chi connectivity index (χ3n) is 3.49. The predicted molar refractivity (Wildman–Crippen MR) is 72.1 cm³/mol. The van der Waals surface area contributed by atoms with E-state index >= 15 is 0 Å². The van der Waals surface area contributed by atoms with Crippen LogP contribution in [0.3, 0.4) is 0 Å². The summed E-state index contributed by atoms with van der Waals surface area (Å²) in [4.78, 5) is 13.4. The van der Waals surface area contributed by atoms with E-state index in [1.165, 1.54) is 0 Å². The van der Waals surface area contributed by atoms with Gasteiger partial charge in [-0.3, -0.25) is 9.69 Å². The zero-order valence-electron chi connectivity index (χ0n) is 11.4. The molecule has 1 heterocycles. The number of hydrogen-bond donors (Lipinski definition) is 1. The van der Waals surface area contributed by atoms with Crippen LogP contribution < -0.4 is 15.2 Å². The molecule has 5 nitrogen and oxygen atoms in total. The first kappa shape index (κ1) is 13.7. The van der Waals surface area contributed by atoms with Crippen molar-refractivity contribution in [1.29, 1.82) is 0 Å².